The summed E-state index contributed by atoms with van der Waals surface area (Å²) in [5.74, 6) is 1.05. The number of halogens is 12. The molecule has 0 saturated carbocycles. The van der Waals surface area contributed by atoms with Gasteiger partial charge in [-0.1, -0.05) is 6.07 Å². The molecule has 2 aliphatic rings. The Hall–Kier alpha value is -7.18. The molecule has 8 bridgehead atoms. The molecule has 0 amide bonds. The van der Waals surface area contributed by atoms with Crippen molar-refractivity contribution >= 4 is 44.9 Å². The van der Waals surface area contributed by atoms with Crippen LogP contribution in [0.25, 0.3) is 11.1 Å². The number of fused-ring (bicyclic) bond motifs is 8. The van der Waals surface area contributed by atoms with Gasteiger partial charge in [-0.05, 0) is 100 Å². The molecule has 520 valence electrons. The number of ether oxygens (including phenoxy) is 12. The normalized spacial score (nSPS) is 16.5. The summed E-state index contributed by atoms with van der Waals surface area (Å²) >= 11 is 0. The Morgan fingerprint density at radius 1 is 0.359 bits per heavy atom. The molecule has 0 atom stereocenters. The number of benzene rings is 2. The molecule has 34 heteroatoms. The van der Waals surface area contributed by atoms with E-state index in [9.17, 15) is 74.3 Å². The summed E-state index contributed by atoms with van der Waals surface area (Å²) in [7, 11) is -17.3. The number of pyridine rings is 3. The van der Waals surface area contributed by atoms with Crippen molar-refractivity contribution in [3.63, 3.8) is 0 Å². The zero-order chi connectivity index (χ0) is 69.6. The van der Waals surface area contributed by atoms with Gasteiger partial charge in [-0.3, -0.25) is 0 Å². The molecule has 5 aromatic rings. The van der Waals surface area contributed by atoms with Gasteiger partial charge in [0.25, 0.3) is 0 Å². The number of esters is 2. The first-order valence-corrected chi connectivity index (χ1v) is 31.6. The fourth-order valence-corrected chi connectivity index (χ4v) is 6.21. The van der Waals surface area contributed by atoms with Crippen LogP contribution in [0.4, 0.5) is 50.4 Å². The van der Waals surface area contributed by atoms with Gasteiger partial charge in [0.05, 0.1) is 79.3 Å². The molecular weight excluding hydrogens is 1300 g/mol. The second-order valence-electron chi connectivity index (χ2n) is 19.4. The first-order valence-electron chi connectivity index (χ1n) is 27.5. The fraction of sp³-hybridized carbons (Fsp3) is 0.448. The average Bonchev–Trinajstić information content (AvgIpc) is 0.814. The van der Waals surface area contributed by atoms with Crippen molar-refractivity contribution in [2.24, 2.45) is 14.1 Å². The van der Waals surface area contributed by atoms with Crippen LogP contribution in [-0.4, -0.2) is 140 Å². The molecule has 0 radical (unpaired) electrons. The Balaban J connectivity index is 0.000000844. The quantitative estimate of drug-likeness (QED) is 0.0659. The Morgan fingerprint density at radius 2 is 0.565 bits per heavy atom. The molecule has 0 fully saturated rings. The van der Waals surface area contributed by atoms with Gasteiger partial charge in [0, 0.05) is 36.4 Å². The van der Waals surface area contributed by atoms with Crippen LogP contribution in [0.2, 0.25) is 0 Å². The molecule has 20 nitrogen and oxygen atoms in total. The Morgan fingerprint density at radius 3 is 0.783 bits per heavy atom. The van der Waals surface area contributed by atoms with E-state index in [1.54, 1.807) is 36.4 Å². The SMILES string of the molecule is CC(C)=O.CC(C)=O.CC(C)=O.C[n+]1ccc(-c2cc[n+](C)cc2)cc1.F[P-](F)(F)(F)(F)F.F[P-](F)(F)(F)(F)F.O=C1OCc2cc3cc(c2)OCCOCCOCCOCCOc2cc(cc(c2)OCCOCCOCCOCCO3)COC(=O)c2cccc1n2. The van der Waals surface area contributed by atoms with E-state index in [0.29, 0.717) is 113 Å². The fourth-order valence-electron chi connectivity index (χ4n) is 6.21. The van der Waals surface area contributed by atoms with Crippen molar-refractivity contribution in [3.8, 4) is 34.1 Å². The van der Waals surface area contributed by atoms with Crippen molar-refractivity contribution in [2.45, 2.75) is 54.8 Å². The van der Waals surface area contributed by atoms with Crippen LogP contribution in [-0.2, 0) is 79.6 Å². The molecule has 2 aromatic carbocycles. The summed E-state index contributed by atoms with van der Waals surface area (Å²) in [6.45, 7) is 14.5. The zero-order valence-corrected chi connectivity index (χ0v) is 53.5. The van der Waals surface area contributed by atoms with Crippen molar-refractivity contribution in [1.29, 1.82) is 0 Å². The van der Waals surface area contributed by atoms with Crippen molar-refractivity contribution in [2.75, 3.05) is 106 Å². The monoisotopic (exact) mass is 1380 g/mol. The minimum absolute atomic E-state index is 0.0579. The number of ketones is 3. The van der Waals surface area contributed by atoms with E-state index in [0.717, 1.165) is 0 Å². The Labute approximate surface area is 523 Å². The molecule has 0 unspecified atom stereocenters. The number of hydrogen-bond acceptors (Lipinski definition) is 18. The van der Waals surface area contributed by atoms with Crippen LogP contribution in [0, 0.1) is 0 Å². The van der Waals surface area contributed by atoms with Crippen LogP contribution in [0.3, 0.4) is 0 Å². The molecule has 7 rings (SSSR count). The summed E-state index contributed by atoms with van der Waals surface area (Å²) in [6, 6.07) is 23.4. The van der Waals surface area contributed by atoms with E-state index in [1.165, 1.54) is 70.9 Å². The number of nitrogens with zero attached hydrogens (tertiary/aromatic N) is 3. The molecule has 0 spiro atoms. The Kier molecular flexibility index (Phi) is 34.9. The zero-order valence-electron chi connectivity index (χ0n) is 51.8. The van der Waals surface area contributed by atoms with Crippen molar-refractivity contribution in [1.82, 2.24) is 4.98 Å². The van der Waals surface area contributed by atoms with E-state index in [1.807, 2.05) is 23.2 Å². The van der Waals surface area contributed by atoms with Gasteiger partial charge in [0.2, 0.25) is 0 Å². The topological polar surface area (TPSA) is 217 Å². The molecule has 3 aromatic heterocycles. The van der Waals surface area contributed by atoms with E-state index < -0.39 is 27.6 Å². The molecule has 5 heterocycles. The van der Waals surface area contributed by atoms with Gasteiger partial charge >= 0.3 is 77.9 Å². The van der Waals surface area contributed by atoms with Crippen LogP contribution in [0.5, 0.6) is 23.0 Å². The van der Waals surface area contributed by atoms with Crippen LogP contribution >= 0.6 is 15.6 Å². The van der Waals surface area contributed by atoms with Gasteiger partial charge < -0.3 is 71.2 Å². The van der Waals surface area contributed by atoms with E-state index >= 15 is 0 Å². The molecule has 2 aliphatic heterocycles. The van der Waals surface area contributed by atoms with E-state index in [4.69, 9.17) is 56.8 Å². The van der Waals surface area contributed by atoms with Crippen molar-refractivity contribution < 1.29 is 140 Å². The molecule has 92 heavy (non-hydrogen) atoms. The molecular formula is C58H77F12N3O17P2. The minimum Gasteiger partial charge on any atom is -0.491 e. The maximum Gasteiger partial charge on any atom is 0.357 e. The van der Waals surface area contributed by atoms with E-state index in [-0.39, 0.29) is 68.4 Å². The number of aryl methyl sites for hydroxylation is 2. The standard InChI is InChI=1S/C37H45NO14.C12H14N2.3C3H6O.2F6P/c39-36-34-2-1-3-35(38-34)37(40)52-27-29-22-32-25-33(23-29)50-19-15-46-11-7-42-5-9-44-13-17-48-31-21-28(26-51-36)20-30(24-31)47-16-12-43-8-4-41-6-10-45-14-18-49-32;1-13-7-3-11(4-8-13)12-5-9-14(2)10-6-12;3*1-3(2)4;2*1-7(2,3,4,5)6/h1-3,20-25H,4-19,26-27H2;3-10H,1-2H3;3*1-2H3;;/q;+2;;;;2*-1. The maximum atomic E-state index is 13.0. The van der Waals surface area contributed by atoms with Crippen LogP contribution in [0.1, 0.15) is 73.6 Å². The number of rotatable bonds is 1. The first kappa shape index (κ1) is 82.8. The number of carbonyl (C=O) groups excluding carboxylic acids is 5. The number of hydrogen-bond donors (Lipinski definition) is 0. The third-order valence-corrected chi connectivity index (χ3v) is 9.55. The molecule has 0 saturated heterocycles. The predicted octanol–water partition coefficient (Wildman–Crippen LogP) is 13.0. The summed E-state index contributed by atoms with van der Waals surface area (Å²) in [6.07, 6.45) is 8.23. The maximum absolute atomic E-state index is 13.0. The summed E-state index contributed by atoms with van der Waals surface area (Å²) in [4.78, 5) is 58.6. The third-order valence-electron chi connectivity index (χ3n) is 9.55. The van der Waals surface area contributed by atoms with E-state index in [2.05, 4.69) is 54.0 Å². The van der Waals surface area contributed by atoms with Gasteiger partial charge in [0.15, 0.2) is 24.8 Å². The third kappa shape index (κ3) is 54.5. The largest absolute Gasteiger partial charge is 0.491 e. The summed E-state index contributed by atoms with van der Waals surface area (Å²) in [5.41, 5.74) is 3.61. The summed E-state index contributed by atoms with van der Waals surface area (Å²) in [5, 5.41) is 0. The Bertz CT molecular complexity index is 2740. The smallest absolute Gasteiger partial charge is 0.357 e. The first-order chi connectivity index (χ1) is 42.5. The van der Waals surface area contributed by atoms with Gasteiger partial charge in [0.1, 0.15) is 105 Å². The number of aromatic nitrogens is 3. The second kappa shape index (κ2) is 38.7. The second-order valence-corrected chi connectivity index (χ2v) is 23.2. The van der Waals surface area contributed by atoms with Crippen LogP contribution < -0.4 is 28.1 Å². The molecule has 0 aliphatic carbocycles. The average molecular weight is 1380 g/mol. The van der Waals surface area contributed by atoms with Gasteiger partial charge in [-0.15, -0.1) is 0 Å². The van der Waals surface area contributed by atoms with Gasteiger partial charge in [-0.25, -0.2) is 23.7 Å². The predicted molar refractivity (Wildman–Crippen MR) is 313 cm³/mol. The van der Waals surface area contributed by atoms with Crippen molar-refractivity contribution in [3.05, 3.63) is 126 Å². The number of Topliss-reactive ketones (excluding diaryl/α,β-unsaturated/α-hetero) is 3. The summed E-state index contributed by atoms with van der Waals surface area (Å²) < 4.78 is 191. The number of carbonyl (C=O) groups is 5. The minimum atomic E-state index is -10.7. The molecule has 0 N–H and O–H groups in total. The van der Waals surface area contributed by atoms with Gasteiger partial charge in [-0.2, -0.15) is 0 Å². The van der Waals surface area contributed by atoms with Crippen LogP contribution in [0.15, 0.2) is 104 Å².